The predicted molar refractivity (Wildman–Crippen MR) is 63.9 cm³/mol. The second-order valence-corrected chi connectivity index (χ2v) is 4.22. The normalized spacial score (nSPS) is 10.3. The molecule has 0 amide bonds. The van der Waals surface area contributed by atoms with Crippen LogP contribution in [0, 0.1) is 0 Å². The molecule has 0 spiro atoms. The lowest BCUT2D eigenvalue weighted by Crippen LogP contribution is -2.03. The summed E-state index contributed by atoms with van der Waals surface area (Å²) in [6, 6.07) is 5.32. The van der Waals surface area contributed by atoms with Crippen molar-refractivity contribution in [2.45, 2.75) is 13.3 Å². The summed E-state index contributed by atoms with van der Waals surface area (Å²) in [6.07, 6.45) is 2.42. The van der Waals surface area contributed by atoms with Crippen LogP contribution in [0.2, 0.25) is 0 Å². The van der Waals surface area contributed by atoms with Crippen LogP contribution >= 0.6 is 11.3 Å². The monoisotopic (exact) mass is 233 g/mol. The fraction of sp³-hybridized carbons (Fsp3) is 0.167. The minimum absolute atomic E-state index is 0.371. The van der Waals surface area contributed by atoms with Gasteiger partial charge in [-0.15, -0.1) is 11.3 Å². The van der Waals surface area contributed by atoms with Crippen molar-refractivity contribution in [1.29, 1.82) is 0 Å². The van der Waals surface area contributed by atoms with Gasteiger partial charge in [0.2, 0.25) is 0 Å². The van der Waals surface area contributed by atoms with E-state index in [2.05, 4.69) is 4.98 Å². The molecule has 0 aliphatic carbocycles. The van der Waals surface area contributed by atoms with Gasteiger partial charge in [0.25, 0.3) is 0 Å². The fourth-order valence-electron chi connectivity index (χ4n) is 1.72. The van der Waals surface area contributed by atoms with Gasteiger partial charge in [-0.2, -0.15) is 0 Å². The van der Waals surface area contributed by atoms with Gasteiger partial charge in [0.15, 0.2) is 0 Å². The van der Waals surface area contributed by atoms with Crippen molar-refractivity contribution in [2.24, 2.45) is 0 Å². The van der Waals surface area contributed by atoms with Crippen LogP contribution in [-0.2, 0) is 6.42 Å². The molecule has 2 rings (SSSR count). The van der Waals surface area contributed by atoms with Gasteiger partial charge >= 0.3 is 5.97 Å². The zero-order valence-corrected chi connectivity index (χ0v) is 9.62. The molecule has 0 fully saturated rings. The first-order valence-electron chi connectivity index (χ1n) is 4.99. The van der Waals surface area contributed by atoms with E-state index in [1.54, 1.807) is 18.3 Å². The van der Waals surface area contributed by atoms with Crippen molar-refractivity contribution in [3.05, 3.63) is 40.9 Å². The molecule has 2 aromatic rings. The molecule has 1 aromatic heterocycles. The van der Waals surface area contributed by atoms with Crippen LogP contribution in [-0.4, -0.2) is 16.1 Å². The Labute approximate surface area is 97.4 Å². The molecule has 0 bridgehead atoms. The number of hydrogen-bond donors (Lipinski definition) is 1. The highest BCUT2D eigenvalue weighted by atomic mass is 32.1. The molecular weight excluding hydrogens is 222 g/mol. The summed E-state index contributed by atoms with van der Waals surface area (Å²) < 4.78 is 0. The third-order valence-electron chi connectivity index (χ3n) is 2.42. The first-order valence-corrected chi connectivity index (χ1v) is 5.87. The van der Waals surface area contributed by atoms with Gasteiger partial charge in [-0.1, -0.05) is 19.1 Å². The van der Waals surface area contributed by atoms with Crippen LogP contribution in [0.4, 0.5) is 0 Å². The van der Waals surface area contributed by atoms with Gasteiger partial charge in [0.05, 0.1) is 5.56 Å². The highest BCUT2D eigenvalue weighted by molar-refractivity contribution is 7.13. The maximum atomic E-state index is 11.1. The van der Waals surface area contributed by atoms with Crippen LogP contribution in [0.15, 0.2) is 29.8 Å². The molecule has 0 saturated carbocycles. The van der Waals surface area contributed by atoms with Crippen LogP contribution in [0.3, 0.4) is 0 Å². The summed E-state index contributed by atoms with van der Waals surface area (Å²) >= 11 is 1.52. The van der Waals surface area contributed by atoms with Crippen molar-refractivity contribution in [2.75, 3.05) is 0 Å². The number of nitrogens with zero attached hydrogens (tertiary/aromatic N) is 1. The SMILES string of the molecule is CCc1c(C(=O)O)cccc1-c1nccs1. The molecule has 0 atom stereocenters. The topological polar surface area (TPSA) is 50.2 Å². The Morgan fingerprint density at radius 1 is 1.50 bits per heavy atom. The summed E-state index contributed by atoms with van der Waals surface area (Å²) in [6.45, 7) is 1.96. The smallest absolute Gasteiger partial charge is 0.335 e. The lowest BCUT2D eigenvalue weighted by Gasteiger charge is -2.08. The quantitative estimate of drug-likeness (QED) is 0.886. The lowest BCUT2D eigenvalue weighted by molar-refractivity contribution is 0.0696. The second kappa shape index (κ2) is 4.45. The average Bonchev–Trinajstić information content (AvgIpc) is 2.81. The highest BCUT2D eigenvalue weighted by Crippen LogP contribution is 2.28. The van der Waals surface area contributed by atoms with E-state index in [0.29, 0.717) is 12.0 Å². The lowest BCUT2D eigenvalue weighted by atomic mass is 9.99. The van der Waals surface area contributed by atoms with E-state index < -0.39 is 5.97 Å². The molecule has 0 unspecified atom stereocenters. The molecule has 0 aliphatic rings. The van der Waals surface area contributed by atoms with Crippen molar-refractivity contribution < 1.29 is 9.90 Å². The number of aromatic carboxylic acids is 1. The van der Waals surface area contributed by atoms with Crippen molar-refractivity contribution in [3.8, 4) is 10.6 Å². The fourth-order valence-corrected chi connectivity index (χ4v) is 2.42. The molecule has 1 N–H and O–H groups in total. The summed E-state index contributed by atoms with van der Waals surface area (Å²) in [5.41, 5.74) is 2.15. The van der Waals surface area contributed by atoms with Gasteiger partial charge < -0.3 is 5.11 Å². The first-order chi connectivity index (χ1) is 7.74. The third-order valence-corrected chi connectivity index (χ3v) is 3.23. The maximum absolute atomic E-state index is 11.1. The number of thiazole rings is 1. The van der Waals surface area contributed by atoms with Crippen LogP contribution in [0.25, 0.3) is 10.6 Å². The van der Waals surface area contributed by atoms with E-state index in [4.69, 9.17) is 5.11 Å². The van der Waals surface area contributed by atoms with Crippen LogP contribution < -0.4 is 0 Å². The number of hydrogen-bond acceptors (Lipinski definition) is 3. The molecule has 0 aliphatic heterocycles. The largest absolute Gasteiger partial charge is 0.478 e. The summed E-state index contributed by atoms with van der Waals surface area (Å²) in [7, 11) is 0. The van der Waals surface area contributed by atoms with Gasteiger partial charge in [-0.3, -0.25) is 0 Å². The summed E-state index contributed by atoms with van der Waals surface area (Å²) in [5.74, 6) is -0.879. The summed E-state index contributed by atoms with van der Waals surface area (Å²) in [5, 5.41) is 11.9. The molecule has 1 heterocycles. The molecule has 0 saturated heterocycles. The molecular formula is C12H11NO2S. The minimum Gasteiger partial charge on any atom is -0.478 e. The van der Waals surface area contributed by atoms with E-state index in [1.165, 1.54) is 11.3 Å². The molecule has 3 nitrogen and oxygen atoms in total. The Morgan fingerprint density at radius 3 is 2.88 bits per heavy atom. The summed E-state index contributed by atoms with van der Waals surface area (Å²) in [4.78, 5) is 15.3. The Kier molecular flexibility index (Phi) is 3.01. The van der Waals surface area contributed by atoms with Crippen molar-refractivity contribution in [3.63, 3.8) is 0 Å². The number of rotatable bonds is 3. The maximum Gasteiger partial charge on any atom is 0.335 e. The number of carboxylic acid groups (broad SMARTS) is 1. The molecule has 4 heteroatoms. The Hall–Kier alpha value is -1.68. The van der Waals surface area contributed by atoms with E-state index in [9.17, 15) is 4.79 Å². The van der Waals surface area contributed by atoms with Gasteiger partial charge in [0, 0.05) is 17.1 Å². The Morgan fingerprint density at radius 2 is 2.31 bits per heavy atom. The number of aromatic nitrogens is 1. The molecule has 0 radical (unpaired) electrons. The zero-order valence-electron chi connectivity index (χ0n) is 8.80. The highest BCUT2D eigenvalue weighted by Gasteiger charge is 2.14. The second-order valence-electron chi connectivity index (χ2n) is 3.33. The average molecular weight is 233 g/mol. The predicted octanol–water partition coefficient (Wildman–Crippen LogP) is 3.07. The van der Waals surface area contributed by atoms with E-state index in [1.807, 2.05) is 18.4 Å². The number of carboxylic acids is 1. The molecule has 16 heavy (non-hydrogen) atoms. The van der Waals surface area contributed by atoms with Gasteiger partial charge in [-0.25, -0.2) is 9.78 Å². The van der Waals surface area contributed by atoms with E-state index in [0.717, 1.165) is 16.1 Å². The number of benzene rings is 1. The first kappa shape index (κ1) is 10.8. The Bertz CT molecular complexity index is 506. The standard InChI is InChI=1S/C12H11NO2S/c1-2-8-9(11-13-6-7-16-11)4-3-5-10(8)12(14)15/h3-7H,2H2,1H3,(H,14,15). The molecule has 1 aromatic carbocycles. The Balaban J connectivity index is 2.62. The number of carbonyl (C=O) groups is 1. The van der Waals surface area contributed by atoms with Crippen molar-refractivity contribution >= 4 is 17.3 Å². The zero-order chi connectivity index (χ0) is 11.5. The molecule has 82 valence electrons. The van der Waals surface area contributed by atoms with Crippen LogP contribution in [0.1, 0.15) is 22.8 Å². The van der Waals surface area contributed by atoms with Gasteiger partial charge in [0.1, 0.15) is 5.01 Å². The van der Waals surface area contributed by atoms with Crippen molar-refractivity contribution in [1.82, 2.24) is 4.98 Å². The minimum atomic E-state index is -0.879. The third kappa shape index (κ3) is 1.84. The van der Waals surface area contributed by atoms with E-state index >= 15 is 0 Å². The van der Waals surface area contributed by atoms with E-state index in [-0.39, 0.29) is 0 Å². The van der Waals surface area contributed by atoms with Gasteiger partial charge in [-0.05, 0) is 18.1 Å². The van der Waals surface area contributed by atoms with Crippen LogP contribution in [0.5, 0.6) is 0 Å².